The van der Waals surface area contributed by atoms with Gasteiger partial charge in [-0.3, -0.25) is 4.79 Å². The van der Waals surface area contributed by atoms with E-state index in [1.54, 1.807) is 24.3 Å². The second kappa shape index (κ2) is 10.6. The van der Waals surface area contributed by atoms with Crippen LogP contribution in [0.2, 0.25) is 0 Å². The minimum Gasteiger partial charge on any atom is -0.504 e. The first-order valence-corrected chi connectivity index (χ1v) is 9.37. The molecule has 0 amide bonds. The van der Waals surface area contributed by atoms with Crippen LogP contribution in [0.25, 0.3) is 0 Å². The Morgan fingerprint density at radius 1 is 0.897 bits per heavy atom. The van der Waals surface area contributed by atoms with Crippen molar-refractivity contribution in [2.45, 2.75) is 38.2 Å². The van der Waals surface area contributed by atoms with Gasteiger partial charge in [-0.25, -0.2) is 0 Å². The predicted molar refractivity (Wildman–Crippen MR) is 108 cm³/mol. The van der Waals surface area contributed by atoms with Crippen molar-refractivity contribution in [1.82, 2.24) is 0 Å². The van der Waals surface area contributed by atoms with Crippen LogP contribution in [-0.2, 0) is 17.6 Å². The molecule has 2 aromatic rings. The molecule has 0 radical (unpaired) electrons. The number of benzene rings is 2. The molecule has 0 heterocycles. The fourth-order valence-corrected chi connectivity index (χ4v) is 3.05. The summed E-state index contributed by atoms with van der Waals surface area (Å²) in [5.41, 5.74) is 1.71. The molecule has 2 rings (SSSR count). The van der Waals surface area contributed by atoms with Crippen LogP contribution >= 0.6 is 0 Å². The van der Waals surface area contributed by atoms with Crippen molar-refractivity contribution in [2.75, 3.05) is 21.3 Å². The summed E-state index contributed by atoms with van der Waals surface area (Å²) in [4.78, 5) is 12.2. The van der Waals surface area contributed by atoms with E-state index in [0.29, 0.717) is 42.9 Å². The molecule has 1 atom stereocenters. The molecule has 29 heavy (non-hydrogen) atoms. The average Bonchev–Trinajstić information content (AvgIpc) is 2.72. The predicted octanol–water partition coefficient (Wildman–Crippen LogP) is 3.01. The fourth-order valence-electron chi connectivity index (χ4n) is 3.05. The Morgan fingerprint density at radius 2 is 1.48 bits per heavy atom. The lowest BCUT2D eigenvalue weighted by atomic mass is 9.99. The van der Waals surface area contributed by atoms with Crippen molar-refractivity contribution in [3.63, 3.8) is 0 Å². The quantitative estimate of drug-likeness (QED) is 0.529. The van der Waals surface area contributed by atoms with Crippen molar-refractivity contribution in [2.24, 2.45) is 0 Å². The summed E-state index contributed by atoms with van der Waals surface area (Å²) >= 11 is 0. The molecule has 0 aliphatic rings. The Labute approximate surface area is 170 Å². The number of ether oxygens (including phenoxy) is 3. The monoisotopic (exact) mass is 404 g/mol. The van der Waals surface area contributed by atoms with Gasteiger partial charge in [0, 0.05) is 12.8 Å². The van der Waals surface area contributed by atoms with Gasteiger partial charge in [0.15, 0.2) is 23.0 Å². The van der Waals surface area contributed by atoms with Crippen LogP contribution in [0.15, 0.2) is 30.3 Å². The van der Waals surface area contributed by atoms with Crippen molar-refractivity contribution in [1.29, 1.82) is 0 Å². The van der Waals surface area contributed by atoms with Crippen LogP contribution in [0.5, 0.6) is 28.7 Å². The smallest absolute Gasteiger partial charge is 0.200 e. The third-order valence-corrected chi connectivity index (χ3v) is 4.71. The number of ketones is 1. The third kappa shape index (κ3) is 6.29. The number of aliphatic hydroxyl groups is 1. The number of hydrogen-bond donors (Lipinski definition) is 3. The molecule has 158 valence electrons. The average molecular weight is 404 g/mol. The summed E-state index contributed by atoms with van der Waals surface area (Å²) in [6.45, 7) is 0. The Kier molecular flexibility index (Phi) is 8.15. The first-order chi connectivity index (χ1) is 13.9. The van der Waals surface area contributed by atoms with Gasteiger partial charge < -0.3 is 29.5 Å². The molecule has 0 spiro atoms. The van der Waals surface area contributed by atoms with Gasteiger partial charge in [-0.05, 0) is 54.7 Å². The molecule has 0 fully saturated rings. The molecule has 3 N–H and O–H groups in total. The van der Waals surface area contributed by atoms with E-state index in [1.165, 1.54) is 27.4 Å². The Hall–Kier alpha value is -2.93. The summed E-state index contributed by atoms with van der Waals surface area (Å²) in [7, 11) is 4.38. The third-order valence-electron chi connectivity index (χ3n) is 4.71. The Morgan fingerprint density at radius 3 is 2.07 bits per heavy atom. The zero-order valence-corrected chi connectivity index (χ0v) is 17.0. The highest BCUT2D eigenvalue weighted by Gasteiger charge is 2.15. The number of Topliss-reactive ketones (excluding diaryl/α,β-unsaturated/α-hetero) is 1. The number of phenols is 2. The van der Waals surface area contributed by atoms with Crippen LogP contribution in [0, 0.1) is 0 Å². The van der Waals surface area contributed by atoms with Crippen molar-refractivity contribution in [3.05, 3.63) is 41.5 Å². The van der Waals surface area contributed by atoms with Gasteiger partial charge in [-0.1, -0.05) is 6.07 Å². The molecule has 0 saturated heterocycles. The van der Waals surface area contributed by atoms with E-state index in [2.05, 4.69) is 0 Å². The largest absolute Gasteiger partial charge is 0.504 e. The highest BCUT2D eigenvalue weighted by atomic mass is 16.5. The lowest BCUT2D eigenvalue weighted by Crippen LogP contribution is -2.15. The summed E-state index contributed by atoms with van der Waals surface area (Å²) in [5.74, 6) is 0.921. The highest BCUT2D eigenvalue weighted by molar-refractivity contribution is 5.79. The van der Waals surface area contributed by atoms with Crippen LogP contribution in [0.4, 0.5) is 0 Å². The molecule has 0 aliphatic heterocycles. The molecular weight excluding hydrogens is 376 g/mol. The molecule has 7 heteroatoms. The van der Waals surface area contributed by atoms with E-state index in [4.69, 9.17) is 14.2 Å². The molecule has 0 aliphatic carbocycles. The van der Waals surface area contributed by atoms with Gasteiger partial charge in [0.1, 0.15) is 5.78 Å². The second-order valence-corrected chi connectivity index (χ2v) is 6.79. The number of methoxy groups -OCH3 is 3. The molecule has 0 saturated carbocycles. The maximum Gasteiger partial charge on any atom is 0.200 e. The van der Waals surface area contributed by atoms with Crippen LogP contribution in [0.3, 0.4) is 0 Å². The fraction of sp³-hybridized carbons (Fsp3) is 0.409. The van der Waals surface area contributed by atoms with E-state index in [1.807, 2.05) is 0 Å². The summed E-state index contributed by atoms with van der Waals surface area (Å²) in [6, 6.07) is 8.35. The number of phenolic OH excluding ortho intramolecular Hbond substituents is 2. The maximum atomic E-state index is 12.2. The maximum absolute atomic E-state index is 12.2. The zero-order valence-electron chi connectivity index (χ0n) is 17.0. The minimum atomic E-state index is -0.761. The molecule has 0 aromatic heterocycles. The van der Waals surface area contributed by atoms with E-state index >= 15 is 0 Å². The van der Waals surface area contributed by atoms with Gasteiger partial charge in [0.05, 0.1) is 27.4 Å². The second-order valence-electron chi connectivity index (χ2n) is 6.79. The van der Waals surface area contributed by atoms with Gasteiger partial charge in [0.25, 0.3) is 0 Å². The minimum absolute atomic E-state index is 0.0367. The SMILES string of the molecule is COc1cc(CCC(=O)C[C@@H](O)CCc2cc(OC)c(O)c(OC)c2)ccc1O. The number of hydrogen-bond acceptors (Lipinski definition) is 7. The molecule has 2 aromatic carbocycles. The number of aliphatic hydroxyl groups excluding tert-OH is 1. The van der Waals surface area contributed by atoms with Crippen LogP contribution in [-0.4, -0.2) is 48.5 Å². The highest BCUT2D eigenvalue weighted by Crippen LogP contribution is 2.37. The van der Waals surface area contributed by atoms with Gasteiger partial charge in [-0.15, -0.1) is 0 Å². The molecule has 0 unspecified atom stereocenters. The topological polar surface area (TPSA) is 105 Å². The van der Waals surface area contributed by atoms with Crippen molar-refractivity contribution >= 4 is 5.78 Å². The number of rotatable bonds is 11. The Balaban J connectivity index is 1.84. The normalized spacial score (nSPS) is 11.7. The summed E-state index contributed by atoms with van der Waals surface area (Å²) in [5, 5.41) is 29.8. The Bertz CT molecular complexity index is 807. The van der Waals surface area contributed by atoms with Crippen LogP contribution in [0.1, 0.15) is 30.4 Å². The first kappa shape index (κ1) is 22.4. The number of carbonyl (C=O) groups is 1. The van der Waals surface area contributed by atoms with Crippen molar-refractivity contribution < 1.29 is 34.3 Å². The number of carbonyl (C=O) groups excluding carboxylic acids is 1. The lowest BCUT2D eigenvalue weighted by Gasteiger charge is -2.13. The van der Waals surface area contributed by atoms with Crippen LogP contribution < -0.4 is 14.2 Å². The number of aromatic hydroxyl groups is 2. The molecule has 7 nitrogen and oxygen atoms in total. The summed E-state index contributed by atoms with van der Waals surface area (Å²) < 4.78 is 15.3. The number of aryl methyl sites for hydroxylation is 2. The van der Waals surface area contributed by atoms with E-state index < -0.39 is 6.10 Å². The van der Waals surface area contributed by atoms with E-state index in [9.17, 15) is 20.1 Å². The van der Waals surface area contributed by atoms with Gasteiger partial charge in [0.2, 0.25) is 5.75 Å². The molecule has 0 bridgehead atoms. The van der Waals surface area contributed by atoms with Gasteiger partial charge in [-0.2, -0.15) is 0 Å². The van der Waals surface area contributed by atoms with E-state index in [-0.39, 0.29) is 23.7 Å². The first-order valence-electron chi connectivity index (χ1n) is 9.37. The zero-order chi connectivity index (χ0) is 21.4. The molecular formula is C22H28O7. The standard InChI is InChI=1S/C22H28O7/c1-27-19-10-14(6-9-18(19)25)4-7-16(23)13-17(24)8-5-15-11-20(28-2)22(26)21(12-15)29-3/h6,9-12,17,24-26H,4-5,7-8,13H2,1-3H3/t17-/m0/s1. The van der Waals surface area contributed by atoms with Gasteiger partial charge >= 0.3 is 0 Å². The lowest BCUT2D eigenvalue weighted by molar-refractivity contribution is -0.121. The summed E-state index contributed by atoms with van der Waals surface area (Å²) in [6.07, 6.45) is 1.02. The van der Waals surface area contributed by atoms with E-state index in [0.717, 1.165) is 11.1 Å². The van der Waals surface area contributed by atoms with Crippen molar-refractivity contribution in [3.8, 4) is 28.7 Å².